The van der Waals surface area contributed by atoms with Crippen LogP contribution in [0.25, 0.3) is 0 Å². The van der Waals surface area contributed by atoms with Crippen LogP contribution < -0.4 is 4.74 Å². The zero-order valence-electron chi connectivity index (χ0n) is 14.1. The van der Waals surface area contributed by atoms with Crippen molar-refractivity contribution in [1.82, 2.24) is 4.31 Å². The van der Waals surface area contributed by atoms with Gasteiger partial charge in [0.1, 0.15) is 10.6 Å². The molecule has 0 atom stereocenters. The Morgan fingerprint density at radius 3 is 2.37 bits per heavy atom. The van der Waals surface area contributed by atoms with E-state index in [9.17, 15) is 13.2 Å². The topological polar surface area (TPSA) is 63.7 Å². The number of nitrogens with zero attached hydrogens (tertiary/aromatic N) is 1. The van der Waals surface area contributed by atoms with Gasteiger partial charge in [-0.05, 0) is 43.2 Å². The Morgan fingerprint density at radius 2 is 1.70 bits per heavy atom. The van der Waals surface area contributed by atoms with Crippen molar-refractivity contribution in [2.45, 2.75) is 17.7 Å². The highest BCUT2D eigenvalue weighted by molar-refractivity contribution is 7.89. The minimum Gasteiger partial charge on any atom is -0.426 e. The molecule has 0 spiro atoms. The van der Waals surface area contributed by atoms with E-state index < -0.39 is 16.0 Å². The van der Waals surface area contributed by atoms with Gasteiger partial charge in [0, 0.05) is 18.1 Å². The SMILES string of the molecule is O=C(Oc1cccc(Cl)c1)C1CCN(S(=O)(=O)c2cccc(Cl)c2Cl)CC1. The van der Waals surface area contributed by atoms with Gasteiger partial charge in [0.25, 0.3) is 0 Å². The van der Waals surface area contributed by atoms with Gasteiger partial charge in [-0.15, -0.1) is 0 Å². The lowest BCUT2D eigenvalue weighted by Crippen LogP contribution is -2.41. The predicted molar refractivity (Wildman–Crippen MR) is 105 cm³/mol. The molecule has 1 aliphatic heterocycles. The molecule has 2 aromatic rings. The molecule has 0 radical (unpaired) electrons. The molecule has 1 fully saturated rings. The molecule has 0 amide bonds. The molecule has 1 saturated heterocycles. The zero-order valence-corrected chi connectivity index (χ0v) is 17.2. The molecule has 0 N–H and O–H groups in total. The van der Waals surface area contributed by atoms with Crippen molar-refractivity contribution in [2.24, 2.45) is 5.92 Å². The Morgan fingerprint density at radius 1 is 1.04 bits per heavy atom. The van der Waals surface area contributed by atoms with Crippen molar-refractivity contribution in [3.8, 4) is 5.75 Å². The second-order valence-electron chi connectivity index (χ2n) is 6.11. The number of esters is 1. The molecule has 5 nitrogen and oxygen atoms in total. The monoisotopic (exact) mass is 447 g/mol. The molecule has 0 aliphatic carbocycles. The molecular formula is C18H16Cl3NO4S. The maximum atomic E-state index is 12.8. The molecule has 2 aromatic carbocycles. The molecular weight excluding hydrogens is 433 g/mol. The second kappa shape index (κ2) is 8.37. The lowest BCUT2D eigenvalue weighted by atomic mass is 9.98. The first-order valence-electron chi connectivity index (χ1n) is 8.20. The molecule has 1 heterocycles. The largest absolute Gasteiger partial charge is 0.426 e. The molecule has 144 valence electrons. The van der Waals surface area contributed by atoms with Crippen molar-refractivity contribution in [2.75, 3.05) is 13.1 Å². The van der Waals surface area contributed by atoms with Gasteiger partial charge in [-0.3, -0.25) is 4.79 Å². The highest BCUT2D eigenvalue weighted by Crippen LogP contribution is 2.33. The average molecular weight is 449 g/mol. The van der Waals surface area contributed by atoms with Crippen molar-refractivity contribution >= 4 is 50.8 Å². The molecule has 0 saturated carbocycles. The van der Waals surface area contributed by atoms with Crippen LogP contribution in [0.5, 0.6) is 5.75 Å². The van der Waals surface area contributed by atoms with Crippen LogP contribution in [0.4, 0.5) is 0 Å². The highest BCUT2D eigenvalue weighted by atomic mass is 35.5. The summed E-state index contributed by atoms with van der Waals surface area (Å²) < 4.78 is 32.3. The van der Waals surface area contributed by atoms with E-state index in [0.29, 0.717) is 23.6 Å². The van der Waals surface area contributed by atoms with E-state index in [-0.39, 0.29) is 33.9 Å². The summed E-state index contributed by atoms with van der Waals surface area (Å²) >= 11 is 17.9. The number of hydrogen-bond donors (Lipinski definition) is 0. The molecule has 9 heteroatoms. The van der Waals surface area contributed by atoms with E-state index >= 15 is 0 Å². The highest BCUT2D eigenvalue weighted by Gasteiger charge is 2.34. The maximum Gasteiger partial charge on any atom is 0.314 e. The van der Waals surface area contributed by atoms with Crippen LogP contribution in [-0.2, 0) is 14.8 Å². The summed E-state index contributed by atoms with van der Waals surface area (Å²) in [5, 5.41) is 0.652. The number of ether oxygens (including phenoxy) is 1. The summed E-state index contributed by atoms with van der Waals surface area (Å²) in [5.41, 5.74) is 0. The third-order valence-corrected chi connectivity index (χ3v) is 7.44. The number of carbonyl (C=O) groups excluding carboxylic acids is 1. The molecule has 0 bridgehead atoms. The Balaban J connectivity index is 1.66. The first-order valence-corrected chi connectivity index (χ1v) is 10.8. The van der Waals surface area contributed by atoms with Gasteiger partial charge in [-0.2, -0.15) is 4.31 Å². The van der Waals surface area contributed by atoms with Crippen LogP contribution in [-0.4, -0.2) is 31.8 Å². The number of hydrogen-bond acceptors (Lipinski definition) is 4. The number of halogens is 3. The van der Waals surface area contributed by atoms with Crippen molar-refractivity contribution < 1.29 is 17.9 Å². The lowest BCUT2D eigenvalue weighted by Gasteiger charge is -2.30. The Hall–Kier alpha value is -1.31. The van der Waals surface area contributed by atoms with E-state index in [1.165, 1.54) is 22.5 Å². The van der Waals surface area contributed by atoms with Gasteiger partial charge < -0.3 is 4.74 Å². The van der Waals surface area contributed by atoms with Crippen LogP contribution in [0, 0.1) is 5.92 Å². The van der Waals surface area contributed by atoms with Crippen molar-refractivity contribution in [3.05, 3.63) is 57.5 Å². The molecule has 0 unspecified atom stereocenters. The van der Waals surface area contributed by atoms with Crippen LogP contribution in [0.1, 0.15) is 12.8 Å². The molecule has 0 aromatic heterocycles. The fourth-order valence-electron chi connectivity index (χ4n) is 2.88. The summed E-state index contributed by atoms with van der Waals surface area (Å²) in [6.45, 7) is 0.390. The first kappa shape index (κ1) is 20.4. The van der Waals surface area contributed by atoms with Gasteiger partial charge in [0.2, 0.25) is 10.0 Å². The Labute approximate surface area is 172 Å². The van der Waals surface area contributed by atoms with Crippen molar-refractivity contribution in [1.29, 1.82) is 0 Å². The van der Waals surface area contributed by atoms with Gasteiger partial charge in [0.05, 0.1) is 16.0 Å². The first-order chi connectivity index (χ1) is 12.8. The van der Waals surface area contributed by atoms with Gasteiger partial charge in [0.15, 0.2) is 0 Å². The summed E-state index contributed by atoms with van der Waals surface area (Å²) in [4.78, 5) is 12.3. The third-order valence-electron chi connectivity index (χ3n) is 4.34. The summed E-state index contributed by atoms with van der Waals surface area (Å²) in [6, 6.07) is 11.1. The molecule has 1 aliphatic rings. The van der Waals surface area contributed by atoms with E-state index in [4.69, 9.17) is 39.5 Å². The fourth-order valence-corrected chi connectivity index (χ4v) is 5.27. The standard InChI is InChI=1S/C18H16Cl3NO4S/c19-13-3-1-4-14(11-13)26-18(23)12-7-9-22(10-8-12)27(24,25)16-6-2-5-15(20)17(16)21/h1-6,11-12H,7-10H2. The Bertz CT molecular complexity index is 957. The third kappa shape index (κ3) is 4.58. The van der Waals surface area contributed by atoms with Crippen LogP contribution in [0.3, 0.4) is 0 Å². The van der Waals surface area contributed by atoms with Crippen LogP contribution in [0.15, 0.2) is 47.4 Å². The molecule has 3 rings (SSSR count). The predicted octanol–water partition coefficient (Wildman–Crippen LogP) is 4.65. The average Bonchev–Trinajstić information content (AvgIpc) is 2.64. The lowest BCUT2D eigenvalue weighted by molar-refractivity contribution is -0.140. The van der Waals surface area contributed by atoms with E-state index in [2.05, 4.69) is 0 Å². The molecule has 27 heavy (non-hydrogen) atoms. The second-order valence-corrected chi connectivity index (χ2v) is 9.24. The fraction of sp³-hybridized carbons (Fsp3) is 0.278. The van der Waals surface area contributed by atoms with E-state index in [0.717, 1.165) is 0 Å². The number of rotatable bonds is 4. The Kier molecular flexibility index (Phi) is 6.33. The number of piperidine rings is 1. The quantitative estimate of drug-likeness (QED) is 0.504. The summed E-state index contributed by atoms with van der Waals surface area (Å²) in [5.74, 6) is -0.409. The van der Waals surface area contributed by atoms with E-state index in [1.807, 2.05) is 0 Å². The number of benzene rings is 2. The number of carbonyl (C=O) groups is 1. The van der Waals surface area contributed by atoms with Gasteiger partial charge >= 0.3 is 5.97 Å². The van der Waals surface area contributed by atoms with E-state index in [1.54, 1.807) is 24.3 Å². The van der Waals surface area contributed by atoms with Crippen molar-refractivity contribution in [3.63, 3.8) is 0 Å². The van der Waals surface area contributed by atoms with Gasteiger partial charge in [-0.1, -0.05) is 46.9 Å². The van der Waals surface area contributed by atoms with Crippen LogP contribution in [0.2, 0.25) is 15.1 Å². The normalized spacial score (nSPS) is 16.3. The minimum atomic E-state index is -3.78. The summed E-state index contributed by atoms with van der Waals surface area (Å²) in [7, 11) is -3.78. The zero-order chi connectivity index (χ0) is 19.6. The number of sulfonamides is 1. The maximum absolute atomic E-state index is 12.8. The smallest absolute Gasteiger partial charge is 0.314 e. The van der Waals surface area contributed by atoms with Crippen LogP contribution >= 0.6 is 34.8 Å². The minimum absolute atomic E-state index is 0.00153. The van der Waals surface area contributed by atoms with Gasteiger partial charge in [-0.25, -0.2) is 8.42 Å². The summed E-state index contributed by atoms with van der Waals surface area (Å²) in [6.07, 6.45) is 0.716.